The van der Waals surface area contributed by atoms with Crippen LogP contribution in [0.1, 0.15) is 42.3 Å². The van der Waals surface area contributed by atoms with Gasteiger partial charge in [-0.25, -0.2) is 0 Å². The van der Waals surface area contributed by atoms with Crippen LogP contribution in [0.5, 0.6) is 0 Å². The minimum Gasteiger partial charge on any atom is -0.309 e. The van der Waals surface area contributed by atoms with Crippen molar-refractivity contribution in [1.29, 1.82) is 0 Å². The van der Waals surface area contributed by atoms with Crippen LogP contribution >= 0.6 is 0 Å². The number of benzene rings is 1. The zero-order chi connectivity index (χ0) is 14.4. The van der Waals surface area contributed by atoms with E-state index in [1.807, 2.05) is 12.3 Å². The minimum absolute atomic E-state index is 0.286. The van der Waals surface area contributed by atoms with Crippen LogP contribution in [0, 0.1) is 6.92 Å². The number of hydrogen-bond donors (Lipinski definition) is 1. The summed E-state index contributed by atoms with van der Waals surface area (Å²) in [7, 11) is 0. The normalized spacial score (nSPS) is 12.3. The van der Waals surface area contributed by atoms with Crippen molar-refractivity contribution >= 4 is 0 Å². The predicted molar refractivity (Wildman–Crippen MR) is 84.9 cm³/mol. The lowest BCUT2D eigenvalue weighted by molar-refractivity contribution is 0.534. The smallest absolute Gasteiger partial charge is 0.0605 e. The number of pyridine rings is 1. The summed E-state index contributed by atoms with van der Waals surface area (Å²) >= 11 is 0. The molecule has 20 heavy (non-hydrogen) atoms. The van der Waals surface area contributed by atoms with E-state index < -0.39 is 0 Å². The van der Waals surface area contributed by atoms with Gasteiger partial charge in [0.25, 0.3) is 0 Å². The zero-order valence-electron chi connectivity index (χ0n) is 12.7. The maximum absolute atomic E-state index is 4.56. The molecule has 0 aliphatic rings. The molecule has 1 unspecified atom stereocenters. The quantitative estimate of drug-likeness (QED) is 0.861. The van der Waals surface area contributed by atoms with Crippen LogP contribution in [0.3, 0.4) is 0 Å². The van der Waals surface area contributed by atoms with Crippen LogP contribution in [0.2, 0.25) is 0 Å². The highest BCUT2D eigenvalue weighted by Crippen LogP contribution is 2.20. The standard InChI is InChI=1S/C18H24N2/c1-4-15-8-10-16(11-9-15)13-17(19-5-2)18-14(3)7-6-12-20-18/h6-12,17,19H,4-5,13H2,1-3H3. The van der Waals surface area contributed by atoms with Gasteiger partial charge in [-0.2, -0.15) is 0 Å². The van der Waals surface area contributed by atoms with Crippen LogP contribution < -0.4 is 5.32 Å². The van der Waals surface area contributed by atoms with Crippen LogP contribution in [-0.4, -0.2) is 11.5 Å². The fraction of sp³-hybridized carbons (Fsp3) is 0.389. The number of hydrogen-bond acceptors (Lipinski definition) is 2. The van der Waals surface area contributed by atoms with E-state index in [9.17, 15) is 0 Å². The molecule has 1 heterocycles. The van der Waals surface area contributed by atoms with Gasteiger partial charge >= 0.3 is 0 Å². The monoisotopic (exact) mass is 268 g/mol. The van der Waals surface area contributed by atoms with Crippen molar-refractivity contribution < 1.29 is 0 Å². The molecule has 2 nitrogen and oxygen atoms in total. The highest BCUT2D eigenvalue weighted by molar-refractivity contribution is 5.27. The van der Waals surface area contributed by atoms with E-state index in [0.717, 1.165) is 25.1 Å². The van der Waals surface area contributed by atoms with Gasteiger partial charge in [-0.3, -0.25) is 4.98 Å². The molecule has 2 heteroatoms. The van der Waals surface area contributed by atoms with Gasteiger partial charge in [-0.1, -0.05) is 44.2 Å². The van der Waals surface area contributed by atoms with Gasteiger partial charge in [0.15, 0.2) is 0 Å². The van der Waals surface area contributed by atoms with Crippen molar-refractivity contribution in [1.82, 2.24) is 10.3 Å². The summed E-state index contributed by atoms with van der Waals surface area (Å²) in [6.07, 6.45) is 3.96. The molecule has 0 amide bonds. The van der Waals surface area contributed by atoms with E-state index in [1.165, 1.54) is 16.7 Å². The Labute approximate surface area is 122 Å². The van der Waals surface area contributed by atoms with Crippen molar-refractivity contribution in [2.24, 2.45) is 0 Å². The number of rotatable bonds is 6. The van der Waals surface area contributed by atoms with Crippen molar-refractivity contribution in [3.63, 3.8) is 0 Å². The number of aromatic nitrogens is 1. The topological polar surface area (TPSA) is 24.9 Å². The zero-order valence-corrected chi connectivity index (χ0v) is 12.7. The van der Waals surface area contributed by atoms with Crippen molar-refractivity contribution in [3.8, 4) is 0 Å². The summed E-state index contributed by atoms with van der Waals surface area (Å²) in [5, 5.41) is 3.55. The number of nitrogens with one attached hydrogen (secondary N) is 1. The fourth-order valence-corrected chi connectivity index (χ4v) is 2.52. The van der Waals surface area contributed by atoms with Gasteiger partial charge in [0.05, 0.1) is 11.7 Å². The van der Waals surface area contributed by atoms with E-state index in [1.54, 1.807) is 0 Å². The fourth-order valence-electron chi connectivity index (χ4n) is 2.52. The number of aryl methyl sites for hydroxylation is 2. The Balaban J connectivity index is 2.18. The molecule has 0 aliphatic carbocycles. The predicted octanol–water partition coefficient (Wildman–Crippen LogP) is 3.85. The van der Waals surface area contributed by atoms with E-state index in [-0.39, 0.29) is 6.04 Å². The molecule has 2 rings (SSSR count). The molecule has 0 aliphatic heterocycles. The molecule has 1 N–H and O–H groups in total. The van der Waals surface area contributed by atoms with Gasteiger partial charge < -0.3 is 5.32 Å². The van der Waals surface area contributed by atoms with Gasteiger partial charge in [0.1, 0.15) is 0 Å². The lowest BCUT2D eigenvalue weighted by Crippen LogP contribution is -2.24. The van der Waals surface area contributed by atoms with E-state index >= 15 is 0 Å². The molecular formula is C18H24N2. The van der Waals surface area contributed by atoms with Gasteiger partial charge in [-0.15, -0.1) is 0 Å². The summed E-state index contributed by atoms with van der Waals surface area (Å²) in [5.41, 5.74) is 5.17. The Morgan fingerprint density at radius 3 is 2.35 bits per heavy atom. The summed E-state index contributed by atoms with van der Waals surface area (Å²) in [5.74, 6) is 0. The summed E-state index contributed by atoms with van der Waals surface area (Å²) < 4.78 is 0. The highest BCUT2D eigenvalue weighted by atomic mass is 14.9. The molecular weight excluding hydrogens is 244 g/mol. The Morgan fingerprint density at radius 1 is 1.05 bits per heavy atom. The average Bonchev–Trinajstić information content (AvgIpc) is 2.48. The summed E-state index contributed by atoms with van der Waals surface area (Å²) in [4.78, 5) is 4.56. The van der Waals surface area contributed by atoms with Crippen molar-refractivity contribution in [2.75, 3.05) is 6.54 Å². The summed E-state index contributed by atoms with van der Waals surface area (Å²) in [6, 6.07) is 13.3. The molecule has 1 atom stereocenters. The van der Waals surface area contributed by atoms with Gasteiger partial charge in [0, 0.05) is 6.20 Å². The first-order valence-electron chi connectivity index (χ1n) is 7.47. The Kier molecular flexibility index (Phi) is 5.31. The molecule has 0 bridgehead atoms. The second-order valence-electron chi connectivity index (χ2n) is 5.19. The van der Waals surface area contributed by atoms with Crippen LogP contribution in [-0.2, 0) is 12.8 Å². The lowest BCUT2D eigenvalue weighted by Gasteiger charge is -2.19. The van der Waals surface area contributed by atoms with Gasteiger partial charge in [0.2, 0.25) is 0 Å². The lowest BCUT2D eigenvalue weighted by atomic mass is 9.99. The highest BCUT2D eigenvalue weighted by Gasteiger charge is 2.14. The molecule has 1 aromatic heterocycles. The molecule has 1 aromatic carbocycles. The van der Waals surface area contributed by atoms with Crippen LogP contribution in [0.25, 0.3) is 0 Å². The first kappa shape index (κ1) is 14.7. The van der Waals surface area contributed by atoms with Gasteiger partial charge in [-0.05, 0) is 49.1 Å². The molecule has 0 spiro atoms. The SMILES string of the molecule is CCNC(Cc1ccc(CC)cc1)c1ncccc1C. The van der Waals surface area contributed by atoms with Crippen molar-refractivity contribution in [2.45, 2.75) is 39.7 Å². The first-order valence-corrected chi connectivity index (χ1v) is 7.47. The number of likely N-dealkylation sites (N-methyl/N-ethyl adjacent to an activating group) is 1. The largest absolute Gasteiger partial charge is 0.309 e. The second-order valence-corrected chi connectivity index (χ2v) is 5.19. The maximum Gasteiger partial charge on any atom is 0.0605 e. The molecule has 0 saturated carbocycles. The van der Waals surface area contributed by atoms with E-state index in [2.05, 4.69) is 61.4 Å². The molecule has 0 radical (unpaired) electrons. The summed E-state index contributed by atoms with van der Waals surface area (Å²) in [6.45, 7) is 7.42. The Hall–Kier alpha value is -1.67. The average molecular weight is 268 g/mol. The third-order valence-corrected chi connectivity index (χ3v) is 3.70. The van der Waals surface area contributed by atoms with Crippen LogP contribution in [0.4, 0.5) is 0 Å². The maximum atomic E-state index is 4.56. The van der Waals surface area contributed by atoms with E-state index in [4.69, 9.17) is 0 Å². The second kappa shape index (κ2) is 7.20. The third-order valence-electron chi connectivity index (χ3n) is 3.70. The molecule has 0 fully saturated rings. The first-order chi connectivity index (χ1) is 9.74. The molecule has 2 aromatic rings. The Bertz CT molecular complexity index is 531. The van der Waals surface area contributed by atoms with Crippen molar-refractivity contribution in [3.05, 3.63) is 65.0 Å². The number of nitrogens with zero attached hydrogens (tertiary/aromatic N) is 1. The Morgan fingerprint density at radius 2 is 1.75 bits per heavy atom. The molecule has 106 valence electrons. The van der Waals surface area contributed by atoms with E-state index in [0.29, 0.717) is 0 Å². The van der Waals surface area contributed by atoms with Crippen LogP contribution in [0.15, 0.2) is 42.6 Å². The molecule has 0 saturated heterocycles. The third kappa shape index (κ3) is 3.67. The minimum atomic E-state index is 0.286.